The maximum atomic E-state index is 14.3. The van der Waals surface area contributed by atoms with Gasteiger partial charge in [-0.15, -0.1) is 0 Å². The minimum Gasteiger partial charge on any atom is -0.487 e. The second-order valence-corrected chi connectivity index (χ2v) is 12.1. The Balaban J connectivity index is 2.22. The molecule has 0 aliphatic carbocycles. The molecule has 0 saturated carbocycles. The summed E-state index contributed by atoms with van der Waals surface area (Å²) in [6.07, 6.45) is -31.6. The molecule has 1 aromatic carbocycles. The molecule has 0 fully saturated rings. The molecular weight excluding hydrogens is 873 g/mol. The number of hydrogen-bond donors (Lipinski definition) is 0. The lowest BCUT2D eigenvalue weighted by Gasteiger charge is -2.40. The first kappa shape index (κ1) is 50.6. The lowest BCUT2D eigenvalue weighted by atomic mass is 9.98. The molecule has 0 spiro atoms. The van der Waals surface area contributed by atoms with Crippen LogP contribution >= 0.6 is 0 Å². The maximum Gasteiger partial charge on any atom is 0.460 e. The van der Waals surface area contributed by atoms with Crippen LogP contribution in [0.2, 0.25) is 0 Å². The molecular formula is C30H25F23N2O3. The molecule has 2 aromatic rings. The first-order valence-electron chi connectivity index (χ1n) is 15.7. The SMILES string of the molecule is CCCCCCCCc1cnc(-c2ccc(OCC(F)(F)C(F)(F)C(F)(F)C(F)(F)C(F)(F)OC(F)(F)C(F)(F)OC(F)(F)C(F)(F)C(F)(F)C(F)(F)F)cc2)nc1. The molecule has 0 N–H and O–H groups in total. The Morgan fingerprint density at radius 3 is 1.31 bits per heavy atom. The number of benzene rings is 1. The van der Waals surface area contributed by atoms with E-state index in [0.717, 1.165) is 61.0 Å². The number of aryl methyl sites for hydroxylation is 1. The van der Waals surface area contributed by atoms with E-state index in [0.29, 0.717) is 18.6 Å². The van der Waals surface area contributed by atoms with Gasteiger partial charge in [0, 0.05) is 18.0 Å². The number of unbranched alkanes of at least 4 members (excludes halogenated alkanes) is 5. The van der Waals surface area contributed by atoms with Crippen molar-refractivity contribution in [2.75, 3.05) is 6.61 Å². The summed E-state index contributed by atoms with van der Waals surface area (Å²) in [4.78, 5) is 8.10. The highest BCUT2D eigenvalue weighted by Crippen LogP contribution is 2.60. The van der Waals surface area contributed by atoms with Gasteiger partial charge in [0.25, 0.3) is 0 Å². The van der Waals surface area contributed by atoms with Gasteiger partial charge in [0.05, 0.1) is 0 Å². The van der Waals surface area contributed by atoms with Crippen molar-refractivity contribution in [1.82, 2.24) is 9.97 Å². The predicted octanol–water partition coefficient (Wildman–Crippen LogP) is 12.2. The average molecular weight is 898 g/mol. The molecule has 334 valence electrons. The molecule has 0 atom stereocenters. The number of alkyl halides is 23. The van der Waals surface area contributed by atoms with Crippen molar-refractivity contribution in [3.05, 3.63) is 42.2 Å². The minimum atomic E-state index is -8.59. The fourth-order valence-electron chi connectivity index (χ4n) is 4.25. The minimum absolute atomic E-state index is 0.00955. The molecule has 58 heavy (non-hydrogen) atoms. The molecule has 0 bridgehead atoms. The van der Waals surface area contributed by atoms with Gasteiger partial charge in [-0.05, 0) is 42.7 Å². The van der Waals surface area contributed by atoms with Gasteiger partial charge in [-0.3, -0.25) is 0 Å². The van der Waals surface area contributed by atoms with Crippen LogP contribution in [0.25, 0.3) is 11.4 Å². The van der Waals surface area contributed by atoms with Crippen LogP contribution in [0.5, 0.6) is 5.75 Å². The van der Waals surface area contributed by atoms with Crippen molar-refractivity contribution in [1.29, 1.82) is 0 Å². The second-order valence-electron chi connectivity index (χ2n) is 12.1. The normalized spacial score (nSPS) is 14.9. The third-order valence-electron chi connectivity index (χ3n) is 7.64. The summed E-state index contributed by atoms with van der Waals surface area (Å²) >= 11 is 0. The third-order valence-corrected chi connectivity index (χ3v) is 7.64. The van der Waals surface area contributed by atoms with Crippen LogP contribution in [-0.2, 0) is 15.9 Å². The Labute approximate surface area is 309 Å². The Morgan fingerprint density at radius 2 is 0.879 bits per heavy atom. The number of ether oxygens (including phenoxy) is 3. The van der Waals surface area contributed by atoms with Crippen LogP contribution < -0.4 is 4.74 Å². The number of halogens is 23. The van der Waals surface area contributed by atoms with Crippen molar-refractivity contribution in [2.45, 2.75) is 118 Å². The molecule has 0 aliphatic rings. The molecule has 0 saturated heterocycles. The van der Waals surface area contributed by atoms with E-state index in [2.05, 4.69) is 14.7 Å². The molecule has 0 aliphatic heterocycles. The summed E-state index contributed by atoms with van der Waals surface area (Å²) in [7, 11) is 0. The third kappa shape index (κ3) is 9.88. The van der Waals surface area contributed by atoms with E-state index < -0.39 is 78.5 Å². The first-order valence-corrected chi connectivity index (χ1v) is 15.7. The van der Waals surface area contributed by atoms with E-state index in [1.54, 1.807) is 0 Å². The smallest absolute Gasteiger partial charge is 0.460 e. The van der Waals surface area contributed by atoms with E-state index in [1.165, 1.54) is 17.1 Å². The largest absolute Gasteiger partial charge is 0.487 e. The molecule has 28 heteroatoms. The summed E-state index contributed by atoms with van der Waals surface area (Å²) < 4.78 is 317. The lowest BCUT2D eigenvalue weighted by Crippen LogP contribution is -2.70. The topological polar surface area (TPSA) is 53.5 Å². The Hall–Kier alpha value is -3.59. The Kier molecular flexibility index (Phi) is 14.7. The molecule has 1 aromatic heterocycles. The quantitative estimate of drug-likeness (QED) is 0.0870. The number of rotatable bonds is 22. The standard InChI is InChI=1S/C30H25F23N2O3/c1-2-3-4-5-6-7-8-16-13-54-19(55-14-16)17-9-11-18(12-10-17)56-15-20(31,32)21(33,34)22(35,36)24(39,40)27(46,47)57-29(50,51)30(52,53)58-28(48,49)25(41,42)23(37,38)26(43,44)45/h9-14H,2-8,15H2,1H3. The summed E-state index contributed by atoms with van der Waals surface area (Å²) in [5.41, 5.74) is 0.813. The van der Waals surface area contributed by atoms with Crippen molar-refractivity contribution < 1.29 is 115 Å². The lowest BCUT2D eigenvalue weighted by molar-refractivity contribution is -0.558. The highest BCUT2D eigenvalue weighted by Gasteiger charge is 2.89. The molecule has 2 rings (SSSR count). The maximum absolute atomic E-state index is 14.3. The zero-order valence-electron chi connectivity index (χ0n) is 28.4. The highest BCUT2D eigenvalue weighted by atomic mass is 19.4. The summed E-state index contributed by atoms with van der Waals surface area (Å²) in [6.45, 7) is -1.08. The summed E-state index contributed by atoms with van der Waals surface area (Å²) in [5.74, 6) is -49.2. The van der Waals surface area contributed by atoms with Gasteiger partial charge >= 0.3 is 66.1 Å². The van der Waals surface area contributed by atoms with Crippen LogP contribution in [0.3, 0.4) is 0 Å². The van der Waals surface area contributed by atoms with Crippen LogP contribution in [0.4, 0.5) is 101 Å². The molecule has 0 amide bonds. The molecule has 0 radical (unpaired) electrons. The summed E-state index contributed by atoms with van der Waals surface area (Å²) in [6, 6.07) is 3.26. The molecule has 0 unspecified atom stereocenters. The van der Waals surface area contributed by atoms with Gasteiger partial charge in [0.15, 0.2) is 12.4 Å². The average Bonchev–Trinajstić information content (AvgIpc) is 3.07. The number of aromatic nitrogens is 2. The van der Waals surface area contributed by atoms with E-state index in [1.807, 2.05) is 6.92 Å². The number of hydrogen-bond acceptors (Lipinski definition) is 5. The van der Waals surface area contributed by atoms with Crippen LogP contribution in [0.15, 0.2) is 36.7 Å². The van der Waals surface area contributed by atoms with Crippen LogP contribution in [0.1, 0.15) is 51.0 Å². The Bertz CT molecular complexity index is 1630. The van der Waals surface area contributed by atoms with E-state index in [-0.39, 0.29) is 11.4 Å². The highest BCUT2D eigenvalue weighted by molar-refractivity contribution is 5.55. The molecule has 1 heterocycles. The fourth-order valence-corrected chi connectivity index (χ4v) is 4.25. The van der Waals surface area contributed by atoms with Crippen molar-refractivity contribution in [3.8, 4) is 17.1 Å². The summed E-state index contributed by atoms with van der Waals surface area (Å²) in [5, 5.41) is 0. The zero-order valence-corrected chi connectivity index (χ0v) is 28.4. The van der Waals surface area contributed by atoms with Gasteiger partial charge in [0.2, 0.25) is 0 Å². The van der Waals surface area contributed by atoms with Gasteiger partial charge in [-0.25, -0.2) is 19.4 Å². The first-order chi connectivity index (χ1) is 25.9. The van der Waals surface area contributed by atoms with E-state index in [9.17, 15) is 101 Å². The van der Waals surface area contributed by atoms with E-state index in [4.69, 9.17) is 0 Å². The van der Waals surface area contributed by atoms with Crippen LogP contribution in [-0.4, -0.2) is 82.7 Å². The predicted molar refractivity (Wildman–Crippen MR) is 148 cm³/mol. The van der Waals surface area contributed by atoms with Gasteiger partial charge < -0.3 is 4.74 Å². The van der Waals surface area contributed by atoms with Crippen molar-refractivity contribution in [3.63, 3.8) is 0 Å². The Morgan fingerprint density at radius 1 is 0.466 bits per heavy atom. The second kappa shape index (κ2) is 16.8. The fraction of sp³-hybridized carbons (Fsp3) is 0.667. The zero-order chi connectivity index (χ0) is 45.2. The number of nitrogens with zero attached hydrogens (tertiary/aromatic N) is 2. The molecule has 5 nitrogen and oxygen atoms in total. The monoisotopic (exact) mass is 898 g/mol. The van der Waals surface area contributed by atoms with E-state index >= 15 is 0 Å². The van der Waals surface area contributed by atoms with Crippen LogP contribution in [0, 0.1) is 0 Å². The van der Waals surface area contributed by atoms with Gasteiger partial charge in [-0.2, -0.15) is 101 Å². The van der Waals surface area contributed by atoms with Gasteiger partial charge in [-0.1, -0.05) is 39.0 Å². The van der Waals surface area contributed by atoms with Crippen molar-refractivity contribution in [2.24, 2.45) is 0 Å². The van der Waals surface area contributed by atoms with Gasteiger partial charge in [0.1, 0.15) is 5.75 Å². The van der Waals surface area contributed by atoms with Crippen molar-refractivity contribution >= 4 is 0 Å².